The summed E-state index contributed by atoms with van der Waals surface area (Å²) >= 11 is 0. The maximum atomic E-state index is 13.5. The molecule has 2 saturated heterocycles. The summed E-state index contributed by atoms with van der Waals surface area (Å²) < 4.78 is 7.84. The molecule has 5 heterocycles. The average Bonchev–Trinajstić information content (AvgIpc) is 3.16. The molecule has 1 atom stereocenters. The van der Waals surface area contributed by atoms with Crippen LogP contribution in [0.1, 0.15) is 60.0 Å². The summed E-state index contributed by atoms with van der Waals surface area (Å²) in [6.07, 6.45) is 6.89. The molecule has 1 amide bonds. The van der Waals surface area contributed by atoms with Gasteiger partial charge in [-0.25, -0.2) is 4.98 Å². The number of aromatic nitrogens is 4. The molecule has 0 saturated carbocycles. The van der Waals surface area contributed by atoms with Gasteiger partial charge in [-0.15, -0.1) is 10.2 Å². The van der Waals surface area contributed by atoms with E-state index in [9.17, 15) is 4.79 Å². The van der Waals surface area contributed by atoms with Gasteiger partial charge in [0.25, 0.3) is 5.91 Å². The van der Waals surface area contributed by atoms with Gasteiger partial charge in [-0.1, -0.05) is 24.6 Å². The number of hydrogen-bond acceptors (Lipinski definition) is 6. The van der Waals surface area contributed by atoms with Crippen molar-refractivity contribution in [1.82, 2.24) is 24.6 Å². The Hall–Kier alpha value is -3.00. The van der Waals surface area contributed by atoms with Crippen molar-refractivity contribution in [2.75, 3.05) is 44.3 Å². The topological polar surface area (TPSA) is 76.4 Å². The number of pyridine rings is 1. The molecule has 1 unspecified atom stereocenters. The van der Waals surface area contributed by atoms with Gasteiger partial charge in [-0.05, 0) is 37.8 Å². The number of piperidine rings is 1. The number of hydrogen-bond donors (Lipinski definition) is 0. The Balaban J connectivity index is 1.32. The molecule has 0 aliphatic carbocycles. The fraction of sp³-hybridized carbons (Fsp3) is 0.538. The lowest BCUT2D eigenvalue weighted by Crippen LogP contribution is -2.41. The highest BCUT2D eigenvalue weighted by Gasteiger charge is 2.29. The number of amides is 1. The number of rotatable bonds is 3. The Morgan fingerprint density at radius 2 is 1.85 bits per heavy atom. The Kier molecular flexibility index (Phi) is 5.91. The van der Waals surface area contributed by atoms with Crippen molar-refractivity contribution in [3.05, 3.63) is 47.5 Å². The van der Waals surface area contributed by atoms with Gasteiger partial charge in [0.05, 0.1) is 24.3 Å². The zero-order valence-corrected chi connectivity index (χ0v) is 19.7. The minimum absolute atomic E-state index is 0.0690. The normalized spacial score (nSPS) is 21.4. The lowest BCUT2D eigenvalue weighted by molar-refractivity contribution is 0.0304. The van der Waals surface area contributed by atoms with Gasteiger partial charge < -0.3 is 19.1 Å². The van der Waals surface area contributed by atoms with Gasteiger partial charge in [0.1, 0.15) is 17.5 Å². The molecule has 0 radical (unpaired) electrons. The van der Waals surface area contributed by atoms with Crippen molar-refractivity contribution in [1.29, 1.82) is 0 Å². The van der Waals surface area contributed by atoms with E-state index in [4.69, 9.17) is 9.72 Å². The molecule has 178 valence electrons. The van der Waals surface area contributed by atoms with Crippen molar-refractivity contribution >= 4 is 22.6 Å². The average molecular weight is 461 g/mol. The minimum atomic E-state index is 0.0690. The van der Waals surface area contributed by atoms with E-state index in [1.165, 1.54) is 19.3 Å². The molecule has 6 rings (SSSR count). The van der Waals surface area contributed by atoms with E-state index in [0.717, 1.165) is 72.8 Å². The summed E-state index contributed by atoms with van der Waals surface area (Å²) in [6, 6.07) is 9.99. The van der Waals surface area contributed by atoms with E-state index >= 15 is 0 Å². The van der Waals surface area contributed by atoms with E-state index in [-0.39, 0.29) is 5.91 Å². The quantitative estimate of drug-likeness (QED) is 0.596. The molecule has 3 aliphatic rings. The van der Waals surface area contributed by atoms with Gasteiger partial charge in [-0.2, -0.15) is 0 Å². The van der Waals surface area contributed by atoms with Crippen molar-refractivity contribution in [2.45, 2.75) is 51.0 Å². The van der Waals surface area contributed by atoms with Crippen LogP contribution in [0.25, 0.3) is 10.9 Å². The number of nitrogens with zero attached hydrogens (tertiary/aromatic N) is 6. The lowest BCUT2D eigenvalue weighted by Gasteiger charge is -2.34. The number of ether oxygens (including phenoxy) is 1. The summed E-state index contributed by atoms with van der Waals surface area (Å²) in [5, 5.41) is 10.1. The van der Waals surface area contributed by atoms with Crippen LogP contribution in [0.2, 0.25) is 0 Å². The van der Waals surface area contributed by atoms with Crippen LogP contribution >= 0.6 is 0 Å². The molecule has 8 heteroatoms. The Morgan fingerprint density at radius 1 is 0.971 bits per heavy atom. The fourth-order valence-corrected chi connectivity index (χ4v) is 5.64. The van der Waals surface area contributed by atoms with Gasteiger partial charge in [0.2, 0.25) is 0 Å². The molecular formula is C26H32N6O2. The first kappa shape index (κ1) is 21.5. The molecule has 2 fully saturated rings. The lowest BCUT2D eigenvalue weighted by atomic mass is 9.96. The Bertz CT molecular complexity index is 1190. The van der Waals surface area contributed by atoms with Crippen LogP contribution < -0.4 is 4.90 Å². The van der Waals surface area contributed by atoms with Crippen molar-refractivity contribution in [2.24, 2.45) is 0 Å². The molecule has 3 aromatic rings. The summed E-state index contributed by atoms with van der Waals surface area (Å²) in [7, 11) is 0. The van der Waals surface area contributed by atoms with Crippen molar-refractivity contribution in [3.63, 3.8) is 0 Å². The Morgan fingerprint density at radius 3 is 2.76 bits per heavy atom. The van der Waals surface area contributed by atoms with Crippen LogP contribution in [0.4, 0.5) is 5.82 Å². The summed E-state index contributed by atoms with van der Waals surface area (Å²) in [5.41, 5.74) is 1.61. The van der Waals surface area contributed by atoms with Crippen LogP contribution in [-0.2, 0) is 17.7 Å². The molecule has 34 heavy (non-hydrogen) atoms. The second-order valence-electron chi connectivity index (χ2n) is 9.67. The van der Waals surface area contributed by atoms with Crippen LogP contribution in [0.5, 0.6) is 0 Å². The number of aryl methyl sites for hydroxylation is 1. The zero-order chi connectivity index (χ0) is 22.9. The standard InChI is InChI=1S/C26H32N6O2/c33-26(30-13-15-34-16-14-30)21-17-24(27-22-9-4-3-8-20(21)22)31-11-6-7-19(18-31)25-29-28-23-10-2-1-5-12-32(23)25/h3-4,8-9,17,19H,1-2,5-7,10-16,18H2. The van der Waals surface area contributed by atoms with E-state index < -0.39 is 0 Å². The summed E-state index contributed by atoms with van der Waals surface area (Å²) in [6.45, 7) is 5.28. The zero-order valence-electron chi connectivity index (χ0n) is 19.7. The number of fused-ring (bicyclic) bond motifs is 2. The molecular weight excluding hydrogens is 428 g/mol. The maximum Gasteiger partial charge on any atom is 0.254 e. The van der Waals surface area contributed by atoms with Gasteiger partial charge in [0, 0.05) is 50.4 Å². The van der Waals surface area contributed by atoms with Gasteiger partial charge in [0.15, 0.2) is 0 Å². The SMILES string of the molecule is O=C(c1cc(N2CCCC(c3nnc4n3CCCCC4)C2)nc2ccccc12)N1CCOCC1. The van der Waals surface area contributed by atoms with Crippen LogP contribution in [0.3, 0.4) is 0 Å². The molecule has 1 aromatic carbocycles. The van der Waals surface area contributed by atoms with Crippen LogP contribution in [-0.4, -0.2) is 69.9 Å². The highest BCUT2D eigenvalue weighted by molar-refractivity contribution is 6.07. The van der Waals surface area contributed by atoms with E-state index in [1.54, 1.807) is 0 Å². The molecule has 0 N–H and O–H groups in total. The third-order valence-corrected chi connectivity index (χ3v) is 7.48. The predicted molar refractivity (Wildman–Crippen MR) is 130 cm³/mol. The molecule has 3 aliphatic heterocycles. The molecule has 0 spiro atoms. The second kappa shape index (κ2) is 9.33. The maximum absolute atomic E-state index is 13.5. The predicted octanol–water partition coefficient (Wildman–Crippen LogP) is 3.41. The highest BCUT2D eigenvalue weighted by Crippen LogP contribution is 2.32. The number of para-hydroxylation sites is 1. The van der Waals surface area contributed by atoms with Crippen molar-refractivity contribution < 1.29 is 9.53 Å². The van der Waals surface area contributed by atoms with E-state index in [2.05, 4.69) is 19.7 Å². The molecule has 0 bridgehead atoms. The highest BCUT2D eigenvalue weighted by atomic mass is 16.5. The number of benzene rings is 1. The summed E-state index contributed by atoms with van der Waals surface area (Å²) in [5.74, 6) is 3.56. The third kappa shape index (κ3) is 4.04. The number of anilines is 1. The summed E-state index contributed by atoms with van der Waals surface area (Å²) in [4.78, 5) is 22.7. The third-order valence-electron chi connectivity index (χ3n) is 7.48. The van der Waals surface area contributed by atoms with Crippen molar-refractivity contribution in [3.8, 4) is 0 Å². The first-order valence-electron chi connectivity index (χ1n) is 12.7. The molecule has 2 aromatic heterocycles. The number of carbonyl (C=O) groups excluding carboxylic acids is 1. The first-order chi connectivity index (χ1) is 16.8. The van der Waals surface area contributed by atoms with Gasteiger partial charge in [-0.3, -0.25) is 4.79 Å². The van der Waals surface area contributed by atoms with Crippen LogP contribution in [0, 0.1) is 0 Å². The number of morpholine rings is 1. The van der Waals surface area contributed by atoms with E-state index in [0.29, 0.717) is 32.2 Å². The smallest absolute Gasteiger partial charge is 0.254 e. The Labute approximate surface area is 199 Å². The minimum Gasteiger partial charge on any atom is -0.378 e. The van der Waals surface area contributed by atoms with E-state index in [1.807, 2.05) is 35.2 Å². The monoisotopic (exact) mass is 460 g/mol. The second-order valence-corrected chi connectivity index (χ2v) is 9.67. The molecule has 8 nitrogen and oxygen atoms in total. The first-order valence-corrected chi connectivity index (χ1v) is 12.7. The largest absolute Gasteiger partial charge is 0.378 e. The van der Waals surface area contributed by atoms with Crippen LogP contribution in [0.15, 0.2) is 30.3 Å². The fourth-order valence-electron chi connectivity index (χ4n) is 5.64. The number of carbonyl (C=O) groups is 1. The van der Waals surface area contributed by atoms with Gasteiger partial charge >= 0.3 is 0 Å².